The fourth-order valence-electron chi connectivity index (χ4n) is 18.4. The average molecular weight is 1340 g/mol. The maximum Gasteiger partial charge on any atom is 0.237 e. The Morgan fingerprint density at radius 2 is 0.731 bits per heavy atom. The van der Waals surface area contributed by atoms with Crippen molar-refractivity contribution in [2.45, 2.75) is 0 Å². The molecule has 10 heterocycles. The summed E-state index contributed by atoms with van der Waals surface area (Å²) in [5.41, 5.74) is 21.0. The van der Waals surface area contributed by atoms with Gasteiger partial charge in [-0.3, -0.25) is 13.7 Å². The Hall–Kier alpha value is -13.8. The van der Waals surface area contributed by atoms with Gasteiger partial charge in [0, 0.05) is 102 Å². The zero-order chi connectivity index (χ0) is 67.3. The summed E-state index contributed by atoms with van der Waals surface area (Å²) >= 11 is 1.77. The highest BCUT2D eigenvalue weighted by molar-refractivity contribution is 7.26. The van der Waals surface area contributed by atoms with Gasteiger partial charge < -0.3 is 8.80 Å². The van der Waals surface area contributed by atoms with Gasteiger partial charge in [-0.2, -0.15) is 4.98 Å². The number of hydrogen-bond acceptors (Lipinski definition) is 5. The minimum absolute atomic E-state index is 0.628. The molecule has 0 fully saturated rings. The minimum atomic E-state index is 0.628. The van der Waals surface area contributed by atoms with Crippen LogP contribution in [0.3, 0.4) is 0 Å². The van der Waals surface area contributed by atoms with E-state index in [4.69, 9.17) is 19.9 Å². The van der Waals surface area contributed by atoms with Crippen LogP contribution in [-0.4, -0.2) is 42.4 Å². The lowest BCUT2D eigenvalue weighted by Gasteiger charge is -2.13. The molecule has 0 aliphatic carbocycles. The summed E-state index contributed by atoms with van der Waals surface area (Å²) in [5, 5.41) is 21.3. The molecule has 478 valence electrons. The third-order valence-corrected chi connectivity index (χ3v) is 23.9. The molecule has 0 atom stereocenters. The average Bonchev–Trinajstić information content (AvgIpc) is 1.52. The summed E-state index contributed by atoms with van der Waals surface area (Å²) in [4.78, 5) is 22.6. The quantitative estimate of drug-likeness (QED) is 0.166. The third kappa shape index (κ3) is 7.11. The van der Waals surface area contributed by atoms with Crippen molar-refractivity contribution in [2.24, 2.45) is 0 Å². The molecule has 10 aromatic heterocycles. The second-order valence-electron chi connectivity index (χ2n) is 27.9. The Labute approximate surface area is 594 Å². The van der Waals surface area contributed by atoms with E-state index in [-0.39, 0.29) is 0 Å². The molecule has 0 amide bonds. The van der Waals surface area contributed by atoms with Crippen LogP contribution >= 0.6 is 11.3 Å². The zero-order valence-electron chi connectivity index (χ0n) is 55.4. The van der Waals surface area contributed by atoms with Gasteiger partial charge in [0.1, 0.15) is 5.82 Å². The Morgan fingerprint density at radius 3 is 1.48 bits per heavy atom. The van der Waals surface area contributed by atoms with E-state index in [0.717, 1.165) is 115 Å². The van der Waals surface area contributed by atoms with Crippen LogP contribution in [0.15, 0.2) is 309 Å². The van der Waals surface area contributed by atoms with Crippen molar-refractivity contribution in [3.8, 4) is 51.2 Å². The van der Waals surface area contributed by atoms with Crippen molar-refractivity contribution in [3.05, 3.63) is 309 Å². The van der Waals surface area contributed by atoms with E-state index in [2.05, 4.69) is 332 Å². The molecule has 0 saturated heterocycles. The van der Waals surface area contributed by atoms with Crippen LogP contribution in [0.2, 0.25) is 0 Å². The van der Waals surface area contributed by atoms with Gasteiger partial charge >= 0.3 is 0 Å². The molecule has 25 rings (SSSR count). The molecule has 0 saturated carbocycles. The predicted molar refractivity (Wildman–Crippen MR) is 434 cm³/mol. The van der Waals surface area contributed by atoms with Gasteiger partial charge in [-0.25, -0.2) is 15.0 Å². The van der Waals surface area contributed by atoms with Gasteiger partial charge in [0.25, 0.3) is 0 Å². The van der Waals surface area contributed by atoms with Gasteiger partial charge in [0.05, 0.1) is 81.9 Å². The lowest BCUT2D eigenvalue weighted by atomic mass is 9.97. The number of benzene rings is 15. The van der Waals surface area contributed by atoms with Crippen LogP contribution in [0.4, 0.5) is 0 Å². The number of rotatable bonds is 6. The molecule has 15 aromatic carbocycles. The maximum atomic E-state index is 5.94. The number of hydrogen-bond donors (Lipinski definition) is 0. The fourth-order valence-corrected chi connectivity index (χ4v) is 19.5. The molecule has 0 bridgehead atoms. The molecular formula is C94H51N9S. The van der Waals surface area contributed by atoms with Gasteiger partial charge in [0.2, 0.25) is 5.95 Å². The first kappa shape index (κ1) is 55.0. The summed E-state index contributed by atoms with van der Waals surface area (Å²) < 4.78 is 14.4. The normalized spacial score (nSPS) is 12.6. The van der Waals surface area contributed by atoms with Gasteiger partial charge in [-0.1, -0.05) is 224 Å². The van der Waals surface area contributed by atoms with Crippen molar-refractivity contribution >= 4 is 195 Å². The number of fused-ring (bicyclic) bond motifs is 29. The highest BCUT2D eigenvalue weighted by Gasteiger charge is 2.30. The van der Waals surface area contributed by atoms with E-state index in [9.17, 15) is 0 Å². The summed E-state index contributed by atoms with van der Waals surface area (Å²) in [5.74, 6) is 2.99. The van der Waals surface area contributed by atoms with Gasteiger partial charge in [-0.05, 0) is 113 Å². The highest BCUT2D eigenvalue weighted by atomic mass is 32.1. The predicted octanol–water partition coefficient (Wildman–Crippen LogP) is 24.5. The van der Waals surface area contributed by atoms with Crippen molar-refractivity contribution in [1.29, 1.82) is 0 Å². The van der Waals surface area contributed by atoms with E-state index in [1.807, 2.05) is 0 Å². The fraction of sp³-hybridized carbons (Fsp3) is 0. The Balaban J connectivity index is 0.725. The van der Waals surface area contributed by atoms with E-state index in [0.29, 0.717) is 11.8 Å². The first-order valence-electron chi connectivity index (χ1n) is 35.4. The van der Waals surface area contributed by atoms with Crippen molar-refractivity contribution in [3.63, 3.8) is 0 Å². The summed E-state index contributed by atoms with van der Waals surface area (Å²) in [6, 6.07) is 113. The van der Waals surface area contributed by atoms with Gasteiger partial charge in [-0.15, -0.1) is 11.3 Å². The Morgan fingerprint density at radius 1 is 0.240 bits per heavy atom. The van der Waals surface area contributed by atoms with Crippen molar-refractivity contribution in [2.75, 3.05) is 0 Å². The van der Waals surface area contributed by atoms with Crippen LogP contribution in [-0.2, 0) is 0 Å². The number of thiophene rings is 1. The van der Waals surface area contributed by atoms with Crippen LogP contribution in [0.1, 0.15) is 0 Å². The molecular weight excluding hydrogens is 1290 g/mol. The SMILES string of the molecule is c1ccc(-c2ccc(-c3nc(-n4c5ccccc5c5c6c7cc(-c8ccc9c(c8)c8ccccc8n9-c8nc(-n9c%10ccccc%10c%10c%11c%12ccccc%12n%12c%13ccccc%13c(cc%109)c%11%12)nc9c8sc8ccccc89)ccc7n7c8c9ccccc9ccc8c(cc54)c67)c4ccccc4n3)cc2)cc1. The van der Waals surface area contributed by atoms with Crippen LogP contribution in [0.5, 0.6) is 0 Å². The maximum absolute atomic E-state index is 5.94. The van der Waals surface area contributed by atoms with Crippen molar-refractivity contribution < 1.29 is 0 Å². The Kier molecular flexibility index (Phi) is 10.6. The van der Waals surface area contributed by atoms with E-state index >= 15 is 0 Å². The summed E-state index contributed by atoms with van der Waals surface area (Å²) in [6.07, 6.45) is 0. The molecule has 104 heavy (non-hydrogen) atoms. The monoisotopic (exact) mass is 1340 g/mol. The summed E-state index contributed by atoms with van der Waals surface area (Å²) in [6.45, 7) is 0. The van der Waals surface area contributed by atoms with E-state index < -0.39 is 0 Å². The standard InChI is InChI=1S/C94H51N9S/c1-2-20-52(21-3-1)53-38-40-55(41-39-53)91-95-71-31-13-6-26-62(71)92(97-91)101-75-35-17-9-27-63(75)82-79(101)51-69-61-45-42-54-22-4-5-23-58(54)87(61)103-78-47-44-57(49-70(78)85(82)89(69)103)56-43-46-77-67(48-56)59-24-7-15-33-73(59)100(77)93-90-86(66-30-12-19-37-81(66)104-90)96-94(98-93)102-76-36-18-10-28-64(76)83-80(102)50-68-60-25-8-14-32-72(60)99-74-34-16-11-29-65(74)84(83)88(68)99/h1-51H. The van der Waals surface area contributed by atoms with E-state index in [1.54, 1.807) is 11.3 Å². The molecule has 10 heteroatoms. The molecule has 9 nitrogen and oxygen atoms in total. The molecule has 0 aliphatic rings. The largest absolute Gasteiger partial charge is 0.308 e. The molecule has 25 aromatic rings. The smallest absolute Gasteiger partial charge is 0.237 e. The second kappa shape index (κ2) is 20.0. The molecule has 0 radical (unpaired) electrons. The second-order valence-corrected chi connectivity index (χ2v) is 29.0. The highest BCUT2D eigenvalue weighted by Crippen LogP contribution is 2.52. The van der Waals surface area contributed by atoms with Crippen LogP contribution in [0, 0.1) is 0 Å². The van der Waals surface area contributed by atoms with Crippen LogP contribution < -0.4 is 0 Å². The molecule has 0 spiro atoms. The molecule has 0 unspecified atom stereocenters. The first-order valence-corrected chi connectivity index (χ1v) is 36.3. The van der Waals surface area contributed by atoms with Crippen LogP contribution in [0.25, 0.3) is 235 Å². The number of nitrogens with zero attached hydrogens (tertiary/aromatic N) is 9. The number of para-hydroxylation sites is 6. The molecule has 0 N–H and O–H groups in total. The number of aromatic nitrogens is 9. The zero-order valence-corrected chi connectivity index (χ0v) is 56.2. The lowest BCUT2D eigenvalue weighted by molar-refractivity contribution is 0.977. The third-order valence-electron chi connectivity index (χ3n) is 22.7. The first-order chi connectivity index (χ1) is 51.6. The van der Waals surface area contributed by atoms with Crippen molar-refractivity contribution in [1.82, 2.24) is 42.4 Å². The molecule has 0 aliphatic heterocycles. The topological polar surface area (TPSA) is 75.2 Å². The van der Waals surface area contributed by atoms with E-state index in [1.165, 1.54) is 108 Å². The lowest BCUT2D eigenvalue weighted by Crippen LogP contribution is -2.06. The summed E-state index contributed by atoms with van der Waals surface area (Å²) in [7, 11) is 0. The van der Waals surface area contributed by atoms with Gasteiger partial charge in [0.15, 0.2) is 11.6 Å². The Bertz CT molecular complexity index is 8110. The minimum Gasteiger partial charge on any atom is -0.308 e.